The smallest absolute Gasteiger partial charge is 0.302 e. The maximum Gasteiger partial charge on any atom is 0.302 e. The lowest BCUT2D eigenvalue weighted by molar-refractivity contribution is -0.197. The summed E-state index contributed by atoms with van der Waals surface area (Å²) in [4.78, 5) is 11.9. The summed E-state index contributed by atoms with van der Waals surface area (Å²) >= 11 is 0. The Kier molecular flexibility index (Phi) is 5.57. The van der Waals surface area contributed by atoms with Crippen molar-refractivity contribution in [1.29, 1.82) is 0 Å². The van der Waals surface area contributed by atoms with Crippen LogP contribution in [0.4, 0.5) is 0 Å². The summed E-state index contributed by atoms with van der Waals surface area (Å²) in [6.07, 6.45) is 14.6. The number of hydrogen-bond acceptors (Lipinski definition) is 2. The van der Waals surface area contributed by atoms with E-state index in [1.165, 1.54) is 51.4 Å². The van der Waals surface area contributed by atoms with Gasteiger partial charge >= 0.3 is 5.97 Å². The minimum absolute atomic E-state index is 0.0501. The van der Waals surface area contributed by atoms with Gasteiger partial charge in [-0.3, -0.25) is 4.79 Å². The van der Waals surface area contributed by atoms with Crippen LogP contribution < -0.4 is 0 Å². The third-order valence-corrected chi connectivity index (χ3v) is 13.0. The Balaban J connectivity index is 1.52. The first-order chi connectivity index (χ1) is 15.7. The van der Waals surface area contributed by atoms with Gasteiger partial charge in [0.15, 0.2) is 0 Å². The molecule has 5 aliphatic carbocycles. The summed E-state index contributed by atoms with van der Waals surface area (Å²) in [5, 5.41) is 0. The van der Waals surface area contributed by atoms with Crippen LogP contribution in [0.5, 0.6) is 0 Å². The van der Waals surface area contributed by atoms with Crippen LogP contribution in [-0.4, -0.2) is 12.1 Å². The summed E-state index contributed by atoms with van der Waals surface area (Å²) in [7, 11) is 0. The van der Waals surface area contributed by atoms with Gasteiger partial charge in [0.05, 0.1) is 0 Å². The van der Waals surface area contributed by atoms with Gasteiger partial charge in [0, 0.05) is 12.3 Å². The fraction of sp³-hybridized carbons (Fsp3) is 0.906. The van der Waals surface area contributed by atoms with E-state index in [9.17, 15) is 4.79 Å². The second kappa shape index (κ2) is 7.61. The minimum Gasteiger partial charge on any atom is -0.462 e. The minimum atomic E-state index is -0.109. The van der Waals surface area contributed by atoms with Crippen LogP contribution in [0.25, 0.3) is 0 Å². The van der Waals surface area contributed by atoms with Gasteiger partial charge in [-0.15, -0.1) is 0 Å². The normalized spacial score (nSPS) is 51.6. The quantitative estimate of drug-likeness (QED) is 0.299. The molecule has 34 heavy (non-hydrogen) atoms. The van der Waals surface area contributed by atoms with Crippen molar-refractivity contribution in [3.8, 4) is 0 Å². The van der Waals surface area contributed by atoms with Crippen molar-refractivity contribution < 1.29 is 9.53 Å². The zero-order valence-corrected chi connectivity index (χ0v) is 23.7. The molecule has 0 N–H and O–H groups in total. The van der Waals surface area contributed by atoms with Crippen LogP contribution >= 0.6 is 0 Å². The fourth-order valence-electron chi connectivity index (χ4n) is 11.8. The van der Waals surface area contributed by atoms with Crippen LogP contribution in [0, 0.1) is 56.7 Å². The van der Waals surface area contributed by atoms with Gasteiger partial charge in [-0.1, -0.05) is 67.0 Å². The first-order valence-corrected chi connectivity index (χ1v) is 14.6. The Morgan fingerprint density at radius 2 is 1.53 bits per heavy atom. The Labute approximate surface area is 210 Å². The summed E-state index contributed by atoms with van der Waals surface area (Å²) in [6.45, 7) is 22.0. The topological polar surface area (TPSA) is 26.3 Å². The molecule has 0 saturated heterocycles. The zero-order valence-electron chi connectivity index (χ0n) is 23.7. The predicted octanol–water partition coefficient (Wildman–Crippen LogP) is 8.60. The largest absolute Gasteiger partial charge is 0.462 e. The molecular weight excluding hydrogens is 416 g/mol. The van der Waals surface area contributed by atoms with Gasteiger partial charge in [0.2, 0.25) is 0 Å². The van der Waals surface area contributed by atoms with Gasteiger partial charge in [-0.25, -0.2) is 0 Å². The van der Waals surface area contributed by atoms with Crippen molar-refractivity contribution in [2.75, 3.05) is 0 Å². The van der Waals surface area contributed by atoms with Crippen molar-refractivity contribution in [2.24, 2.45) is 56.7 Å². The molecule has 5 aliphatic rings. The molecule has 0 aromatic carbocycles. The number of hydrogen-bond donors (Lipinski definition) is 0. The van der Waals surface area contributed by atoms with Gasteiger partial charge < -0.3 is 4.74 Å². The average molecular weight is 469 g/mol. The average Bonchev–Trinajstić information content (AvgIpc) is 3.08. The Hall–Kier alpha value is -0.790. The van der Waals surface area contributed by atoms with Crippen LogP contribution in [0.15, 0.2) is 11.6 Å². The summed E-state index contributed by atoms with van der Waals surface area (Å²) in [6, 6.07) is 0. The van der Waals surface area contributed by atoms with E-state index in [0.717, 1.165) is 30.1 Å². The van der Waals surface area contributed by atoms with E-state index >= 15 is 0 Å². The van der Waals surface area contributed by atoms with Crippen molar-refractivity contribution in [2.45, 2.75) is 126 Å². The van der Waals surface area contributed by atoms with E-state index in [4.69, 9.17) is 4.74 Å². The summed E-state index contributed by atoms with van der Waals surface area (Å²) in [5.74, 6) is 3.79. The van der Waals surface area contributed by atoms with E-state index < -0.39 is 0 Å². The second-order valence-electron chi connectivity index (χ2n) is 15.4. The molecule has 2 heteroatoms. The summed E-state index contributed by atoms with van der Waals surface area (Å²) in [5.41, 5.74) is 3.45. The molecule has 0 aliphatic heterocycles. The molecule has 4 fully saturated rings. The molecule has 0 aromatic rings. The molecule has 192 valence electrons. The molecule has 4 saturated carbocycles. The number of allylic oxidation sites excluding steroid dienone is 2. The first-order valence-electron chi connectivity index (χ1n) is 14.6. The Bertz CT molecular complexity index is 883. The maximum absolute atomic E-state index is 11.9. The molecule has 2 nitrogen and oxygen atoms in total. The number of carbonyl (C=O) groups excluding carboxylic acids is 1. The Morgan fingerprint density at radius 1 is 0.882 bits per heavy atom. The molecule has 0 spiro atoms. The number of fused-ring (bicyclic) bond motifs is 7. The number of ether oxygens (including phenoxy) is 1. The molecule has 5 rings (SSSR count). The highest BCUT2D eigenvalue weighted by molar-refractivity contribution is 5.66. The second-order valence-corrected chi connectivity index (χ2v) is 15.4. The van der Waals surface area contributed by atoms with Crippen LogP contribution in [-0.2, 0) is 9.53 Å². The molecule has 0 aromatic heterocycles. The third-order valence-electron chi connectivity index (χ3n) is 13.0. The lowest BCUT2D eigenvalue weighted by atomic mass is 9.35. The van der Waals surface area contributed by atoms with Crippen LogP contribution in [0.2, 0.25) is 0 Å². The highest BCUT2D eigenvalue weighted by atomic mass is 16.5. The van der Waals surface area contributed by atoms with E-state index in [-0.39, 0.29) is 17.5 Å². The van der Waals surface area contributed by atoms with Gasteiger partial charge in [-0.2, -0.15) is 0 Å². The highest BCUT2D eigenvalue weighted by Gasteiger charge is 2.68. The lowest BCUT2D eigenvalue weighted by Gasteiger charge is -2.69. The van der Waals surface area contributed by atoms with Gasteiger partial charge in [0.25, 0.3) is 0 Å². The van der Waals surface area contributed by atoms with Crippen LogP contribution in [0.1, 0.15) is 120 Å². The van der Waals surface area contributed by atoms with E-state index in [1.54, 1.807) is 6.92 Å². The number of carbonyl (C=O) groups is 1. The third kappa shape index (κ3) is 3.14. The molecular formula is C32H52O2. The monoisotopic (exact) mass is 468 g/mol. The number of rotatable bonds is 2. The van der Waals surface area contributed by atoms with Gasteiger partial charge in [-0.05, 0) is 109 Å². The highest BCUT2D eigenvalue weighted by Crippen LogP contribution is 2.75. The van der Waals surface area contributed by atoms with E-state index in [1.807, 2.05) is 5.57 Å². The summed E-state index contributed by atoms with van der Waals surface area (Å²) < 4.78 is 5.91. The predicted molar refractivity (Wildman–Crippen MR) is 140 cm³/mol. The lowest BCUT2D eigenvalue weighted by Crippen LogP contribution is -2.63. The number of esters is 1. The first kappa shape index (κ1) is 24.9. The van der Waals surface area contributed by atoms with Gasteiger partial charge in [0.1, 0.15) is 6.10 Å². The maximum atomic E-state index is 11.9. The van der Waals surface area contributed by atoms with Crippen molar-refractivity contribution in [3.63, 3.8) is 0 Å². The SMILES string of the molecule is CC(=O)O[C@H]1CC[C@@]2(C)[C@H](CC[C@@]3(C)C4=CC[C@@]5(C)CC[C@H](C(C)C)[C@H]5[C@]4(C)CC[C@H]23)C1(C)C. The van der Waals surface area contributed by atoms with Crippen LogP contribution in [0.3, 0.4) is 0 Å². The van der Waals surface area contributed by atoms with Crippen molar-refractivity contribution in [1.82, 2.24) is 0 Å². The molecule has 0 heterocycles. The molecule has 9 atom stereocenters. The molecule has 0 radical (unpaired) electrons. The fourth-order valence-corrected chi connectivity index (χ4v) is 11.8. The standard InChI is InChI=1S/C32H52O2/c1-20(2)22-10-15-29(6)16-11-25-31(8)17-12-23-28(4,5)26(34-21(3)33)14-19-30(23,7)24(31)13-18-32(25,9)27(22)29/h11,20,22-24,26-27H,10,12-19H2,1-9H3/t22-,23-,24-,26+,27-,29-,30+,31-,32-/m1/s1. The Morgan fingerprint density at radius 3 is 2.18 bits per heavy atom. The molecule has 0 unspecified atom stereocenters. The van der Waals surface area contributed by atoms with Crippen molar-refractivity contribution >= 4 is 5.97 Å². The molecule has 0 bridgehead atoms. The van der Waals surface area contributed by atoms with E-state index in [0.29, 0.717) is 27.6 Å². The van der Waals surface area contributed by atoms with E-state index in [2.05, 4.69) is 61.5 Å². The zero-order chi connectivity index (χ0) is 24.9. The van der Waals surface area contributed by atoms with Crippen molar-refractivity contribution in [3.05, 3.63) is 11.6 Å². The molecule has 0 amide bonds.